The molecule has 2 nitrogen and oxygen atoms in total. The van der Waals surface area contributed by atoms with Gasteiger partial charge in [0, 0.05) is 12.6 Å². The summed E-state index contributed by atoms with van der Waals surface area (Å²) < 4.78 is 0. The number of rotatable bonds is 7. The number of hydrogen-bond acceptors (Lipinski definition) is 2. The Balaban J connectivity index is 2.85. The average Bonchev–Trinajstić information content (AvgIpc) is 1.96. The first-order valence-corrected chi connectivity index (χ1v) is 4.34. The summed E-state index contributed by atoms with van der Waals surface area (Å²) in [6, 6.07) is 0.356. The van der Waals surface area contributed by atoms with Crippen LogP contribution < -0.4 is 11.1 Å². The Morgan fingerprint density at radius 2 is 2.27 bits per heavy atom. The van der Waals surface area contributed by atoms with E-state index in [9.17, 15) is 0 Å². The summed E-state index contributed by atoms with van der Waals surface area (Å²) in [7, 11) is 0. The molecule has 0 aliphatic heterocycles. The molecular weight excluding hydrogens is 136 g/mol. The van der Waals surface area contributed by atoms with Crippen molar-refractivity contribution in [2.45, 2.75) is 32.2 Å². The van der Waals surface area contributed by atoms with E-state index >= 15 is 0 Å². The Bertz CT molecular complexity index is 89.6. The molecule has 0 aromatic rings. The predicted molar refractivity (Wildman–Crippen MR) is 50.6 cm³/mol. The van der Waals surface area contributed by atoms with Crippen molar-refractivity contribution in [3.05, 3.63) is 12.7 Å². The van der Waals surface area contributed by atoms with Gasteiger partial charge in [-0.05, 0) is 26.3 Å². The first kappa shape index (κ1) is 10.7. The maximum absolute atomic E-state index is 5.60. The van der Waals surface area contributed by atoms with Gasteiger partial charge in [-0.15, -0.1) is 6.58 Å². The van der Waals surface area contributed by atoms with E-state index in [1.54, 1.807) is 0 Å². The number of nitrogens with two attached hydrogens (primary N) is 1. The number of nitrogens with one attached hydrogen (secondary N) is 1. The molecule has 0 aromatic heterocycles. The molecule has 0 fully saturated rings. The minimum atomic E-state index is 0.356. The molecular formula is C9H20N2. The van der Waals surface area contributed by atoms with Crippen LogP contribution in [0.25, 0.3) is 0 Å². The van der Waals surface area contributed by atoms with Crippen LogP contribution >= 0.6 is 0 Å². The molecule has 1 unspecified atom stereocenters. The highest BCUT2D eigenvalue weighted by molar-refractivity contribution is 4.69. The summed E-state index contributed by atoms with van der Waals surface area (Å²) in [6.45, 7) is 7.67. The van der Waals surface area contributed by atoms with Crippen molar-refractivity contribution in [3.8, 4) is 0 Å². The van der Waals surface area contributed by atoms with Crippen LogP contribution in [0.1, 0.15) is 26.2 Å². The standard InChI is InChI=1S/C9H20N2/c1-3-7-11-8-5-4-6-9(2)10/h3,9,11H,1,4-8,10H2,2H3. The fourth-order valence-electron chi connectivity index (χ4n) is 0.920. The molecule has 0 radical (unpaired) electrons. The van der Waals surface area contributed by atoms with Crippen LogP contribution in [0.3, 0.4) is 0 Å². The highest BCUT2D eigenvalue weighted by Crippen LogP contribution is 1.96. The lowest BCUT2D eigenvalue weighted by Crippen LogP contribution is -2.17. The molecule has 3 N–H and O–H groups in total. The molecule has 0 heterocycles. The van der Waals surface area contributed by atoms with E-state index < -0.39 is 0 Å². The largest absolute Gasteiger partial charge is 0.328 e. The molecule has 0 aromatic carbocycles. The van der Waals surface area contributed by atoms with Crippen LogP contribution in [0.2, 0.25) is 0 Å². The van der Waals surface area contributed by atoms with E-state index in [2.05, 4.69) is 18.8 Å². The van der Waals surface area contributed by atoms with E-state index in [4.69, 9.17) is 5.73 Å². The van der Waals surface area contributed by atoms with Crippen molar-refractivity contribution in [2.75, 3.05) is 13.1 Å². The molecule has 0 saturated heterocycles. The second-order valence-electron chi connectivity index (χ2n) is 2.97. The molecule has 1 atom stereocenters. The molecule has 0 aliphatic carbocycles. The highest BCUT2D eigenvalue weighted by Gasteiger charge is 1.92. The van der Waals surface area contributed by atoms with Crippen molar-refractivity contribution < 1.29 is 0 Å². The zero-order chi connectivity index (χ0) is 8.53. The minimum Gasteiger partial charge on any atom is -0.328 e. The molecule has 0 rings (SSSR count). The fraction of sp³-hybridized carbons (Fsp3) is 0.778. The van der Waals surface area contributed by atoms with Gasteiger partial charge in [0.2, 0.25) is 0 Å². The van der Waals surface area contributed by atoms with Crippen molar-refractivity contribution in [1.82, 2.24) is 5.32 Å². The summed E-state index contributed by atoms with van der Waals surface area (Å²) in [5.41, 5.74) is 5.60. The van der Waals surface area contributed by atoms with Gasteiger partial charge < -0.3 is 11.1 Å². The van der Waals surface area contributed by atoms with Crippen molar-refractivity contribution in [1.29, 1.82) is 0 Å². The molecule has 0 spiro atoms. The summed E-state index contributed by atoms with van der Waals surface area (Å²) >= 11 is 0. The lowest BCUT2D eigenvalue weighted by Gasteiger charge is -2.04. The van der Waals surface area contributed by atoms with Gasteiger partial charge in [-0.25, -0.2) is 0 Å². The smallest absolute Gasteiger partial charge is 0.0132 e. The molecule has 0 saturated carbocycles. The second-order valence-corrected chi connectivity index (χ2v) is 2.97. The molecule has 11 heavy (non-hydrogen) atoms. The molecule has 0 aliphatic rings. The number of unbranched alkanes of at least 4 members (excludes halogenated alkanes) is 1. The van der Waals surface area contributed by atoms with Gasteiger partial charge in [0.15, 0.2) is 0 Å². The zero-order valence-electron chi connectivity index (χ0n) is 7.47. The van der Waals surface area contributed by atoms with E-state index in [0.717, 1.165) is 19.5 Å². The summed E-state index contributed by atoms with van der Waals surface area (Å²) in [5, 5.41) is 3.25. The van der Waals surface area contributed by atoms with Gasteiger partial charge in [0.25, 0.3) is 0 Å². The Labute approximate surface area is 69.9 Å². The van der Waals surface area contributed by atoms with E-state index in [1.807, 2.05) is 6.08 Å². The fourth-order valence-corrected chi connectivity index (χ4v) is 0.920. The Morgan fingerprint density at radius 3 is 2.82 bits per heavy atom. The zero-order valence-corrected chi connectivity index (χ0v) is 7.47. The monoisotopic (exact) mass is 156 g/mol. The summed E-state index contributed by atoms with van der Waals surface area (Å²) in [6.07, 6.45) is 5.46. The Hall–Kier alpha value is -0.340. The van der Waals surface area contributed by atoms with Gasteiger partial charge in [-0.1, -0.05) is 12.5 Å². The summed E-state index contributed by atoms with van der Waals surface area (Å²) in [4.78, 5) is 0. The molecule has 2 heteroatoms. The first-order valence-electron chi connectivity index (χ1n) is 4.34. The second kappa shape index (κ2) is 7.76. The summed E-state index contributed by atoms with van der Waals surface area (Å²) in [5.74, 6) is 0. The van der Waals surface area contributed by atoms with Gasteiger partial charge in [-0.2, -0.15) is 0 Å². The van der Waals surface area contributed by atoms with Crippen LogP contribution in [-0.2, 0) is 0 Å². The van der Waals surface area contributed by atoms with Crippen LogP contribution in [0.5, 0.6) is 0 Å². The highest BCUT2D eigenvalue weighted by atomic mass is 14.8. The third-order valence-corrected chi connectivity index (χ3v) is 1.55. The van der Waals surface area contributed by atoms with Crippen LogP contribution in [-0.4, -0.2) is 19.1 Å². The van der Waals surface area contributed by atoms with Crippen LogP contribution in [0.4, 0.5) is 0 Å². The number of hydrogen-bond donors (Lipinski definition) is 2. The van der Waals surface area contributed by atoms with Crippen molar-refractivity contribution in [2.24, 2.45) is 5.73 Å². The van der Waals surface area contributed by atoms with Crippen molar-refractivity contribution >= 4 is 0 Å². The third kappa shape index (κ3) is 9.66. The topological polar surface area (TPSA) is 38.0 Å². The molecule has 0 bridgehead atoms. The maximum Gasteiger partial charge on any atom is 0.0132 e. The third-order valence-electron chi connectivity index (χ3n) is 1.55. The van der Waals surface area contributed by atoms with Crippen LogP contribution in [0.15, 0.2) is 12.7 Å². The lowest BCUT2D eigenvalue weighted by molar-refractivity contribution is 0.576. The van der Waals surface area contributed by atoms with E-state index in [-0.39, 0.29) is 0 Å². The Kier molecular flexibility index (Phi) is 7.52. The van der Waals surface area contributed by atoms with Gasteiger partial charge in [0.05, 0.1) is 0 Å². The van der Waals surface area contributed by atoms with Gasteiger partial charge in [-0.3, -0.25) is 0 Å². The van der Waals surface area contributed by atoms with E-state index in [0.29, 0.717) is 6.04 Å². The lowest BCUT2D eigenvalue weighted by atomic mass is 10.1. The Morgan fingerprint density at radius 1 is 1.55 bits per heavy atom. The predicted octanol–water partition coefficient (Wildman–Crippen LogP) is 1.28. The van der Waals surface area contributed by atoms with Gasteiger partial charge in [0.1, 0.15) is 0 Å². The minimum absolute atomic E-state index is 0.356. The van der Waals surface area contributed by atoms with E-state index in [1.165, 1.54) is 12.8 Å². The van der Waals surface area contributed by atoms with Gasteiger partial charge >= 0.3 is 0 Å². The molecule has 66 valence electrons. The quantitative estimate of drug-likeness (QED) is 0.430. The normalized spacial score (nSPS) is 12.9. The van der Waals surface area contributed by atoms with Crippen molar-refractivity contribution in [3.63, 3.8) is 0 Å². The molecule has 0 amide bonds. The maximum atomic E-state index is 5.60. The average molecular weight is 156 g/mol. The van der Waals surface area contributed by atoms with Crippen LogP contribution in [0, 0.1) is 0 Å². The first-order chi connectivity index (χ1) is 5.27. The SMILES string of the molecule is C=CCNCCCCC(C)N.